The number of imide groups is 3. The number of carbonyl (C=O) groups excluding carboxylic acids is 6. The second-order valence-electron chi connectivity index (χ2n) is 9.97. The molecule has 1 fully saturated rings. The van der Waals surface area contributed by atoms with Gasteiger partial charge in [-0.05, 0) is 38.1 Å². The van der Waals surface area contributed by atoms with Gasteiger partial charge in [0, 0.05) is 38.9 Å². The Hall–Kier alpha value is -5.60. The molecule has 1 N–H and O–H groups in total. The standard InChI is InChI=1S/C9H7NO3.C9H7NO2.C6H7NO2.C5H5NO2.C3H6O.2CH4/c1-13-10-8(11)6-4-2-3-5-7(6)9(10)12;1-10-8(11)6-4-2-3-5-7(6)9(10)12;1-3-4(7-2)6(9)5(3)8;1-6-4(7)2-3-5(6)8;1-3-2-4-3;;/h2-5H,1H3;2-5H,1H3;7H,1-2H3;2-3H,1H3;3H,2H2,1H3;2*1H4. The second-order valence-corrected chi connectivity index (χ2v) is 9.97. The van der Waals surface area contributed by atoms with Crippen LogP contribution in [0.5, 0.6) is 0 Å². The number of hydroxylamine groups is 2. The Bertz CT molecular complexity index is 1710. The Morgan fingerprint density at radius 2 is 1.04 bits per heavy atom. The van der Waals surface area contributed by atoms with E-state index in [1.54, 1.807) is 62.5 Å². The molecule has 0 saturated carbocycles. The van der Waals surface area contributed by atoms with Gasteiger partial charge in [-0.2, -0.15) is 0 Å². The lowest BCUT2D eigenvalue weighted by atomic mass is 10.1. The first kappa shape index (κ1) is 40.4. The number of benzene rings is 2. The Labute approximate surface area is 278 Å². The molecule has 4 aliphatic heterocycles. The number of nitrogens with zero attached hydrogens (tertiary/aromatic N) is 3. The normalized spacial score (nSPS) is 16.1. The molecule has 14 heteroatoms. The number of ether oxygens (including phenoxy) is 1. The molecule has 0 spiro atoms. The minimum atomic E-state index is -0.400. The Balaban J connectivity index is 0.000000308. The van der Waals surface area contributed by atoms with Crippen molar-refractivity contribution in [2.75, 3.05) is 40.2 Å². The molecule has 4 aliphatic rings. The van der Waals surface area contributed by atoms with Crippen LogP contribution in [0, 0.1) is 6.92 Å². The zero-order chi connectivity index (χ0) is 34.3. The molecular weight excluding hydrogens is 624 g/mol. The van der Waals surface area contributed by atoms with Gasteiger partial charge in [-0.25, -0.2) is 0 Å². The van der Waals surface area contributed by atoms with E-state index < -0.39 is 17.2 Å². The van der Waals surface area contributed by atoms with Crippen LogP contribution < -0.4 is 16.2 Å². The van der Waals surface area contributed by atoms with Gasteiger partial charge in [0.25, 0.3) is 35.4 Å². The quantitative estimate of drug-likeness (QED) is 0.242. The molecule has 3 aromatic rings. The molecular formula is C34H40N4O10. The monoisotopic (exact) mass is 664 g/mol. The minimum absolute atomic E-state index is 0. The molecule has 6 amide bonds. The van der Waals surface area contributed by atoms with Crippen molar-refractivity contribution in [3.05, 3.63) is 109 Å². The molecule has 7 rings (SSSR count). The van der Waals surface area contributed by atoms with Crippen molar-refractivity contribution in [3.63, 3.8) is 0 Å². The molecule has 0 aromatic heterocycles. The van der Waals surface area contributed by atoms with E-state index >= 15 is 0 Å². The first-order valence-electron chi connectivity index (χ1n) is 13.8. The molecule has 1 saturated heterocycles. The summed E-state index contributed by atoms with van der Waals surface area (Å²) in [6.07, 6.45) is 3.09. The van der Waals surface area contributed by atoms with Crippen LogP contribution in [0.25, 0.3) is 0 Å². The zero-order valence-electron chi connectivity index (χ0n) is 26.0. The number of epoxide rings is 1. The van der Waals surface area contributed by atoms with Gasteiger partial charge in [-0.3, -0.25) is 53.0 Å². The van der Waals surface area contributed by atoms with Gasteiger partial charge in [0.15, 0.2) is 0 Å². The van der Waals surface area contributed by atoms with Crippen LogP contribution in [0.3, 0.4) is 0 Å². The summed E-state index contributed by atoms with van der Waals surface area (Å²) in [5.41, 5.74) is 2.05. The highest BCUT2D eigenvalue weighted by Gasteiger charge is 2.35. The lowest BCUT2D eigenvalue weighted by Crippen LogP contribution is -2.36. The summed E-state index contributed by atoms with van der Waals surface area (Å²) in [6.45, 7) is 4.68. The number of likely N-dealkylation sites (N-methyl/N-ethyl adjacent to an activating group) is 1. The van der Waals surface area contributed by atoms with Gasteiger partial charge in [0.1, 0.15) is 0 Å². The van der Waals surface area contributed by atoms with Crippen LogP contribution in [0.1, 0.15) is 68.8 Å². The van der Waals surface area contributed by atoms with E-state index in [9.17, 15) is 38.4 Å². The summed E-state index contributed by atoms with van der Waals surface area (Å²) in [6, 6.07) is 13.5. The number of amides is 6. The number of fused-ring (bicyclic) bond motifs is 2. The van der Waals surface area contributed by atoms with Crippen molar-refractivity contribution in [1.29, 1.82) is 0 Å². The van der Waals surface area contributed by atoms with Crippen LogP contribution >= 0.6 is 0 Å². The van der Waals surface area contributed by atoms with Gasteiger partial charge in [-0.15, -0.1) is 5.06 Å². The van der Waals surface area contributed by atoms with Crippen molar-refractivity contribution >= 4 is 41.1 Å². The number of anilines is 1. The fraction of sp³-hybridized carbons (Fsp3) is 0.294. The topological polar surface area (TPSA) is 180 Å². The Morgan fingerprint density at radius 1 is 0.688 bits per heavy atom. The molecule has 1 unspecified atom stereocenters. The molecule has 256 valence electrons. The molecule has 48 heavy (non-hydrogen) atoms. The fourth-order valence-corrected chi connectivity index (χ4v) is 4.02. The molecule has 3 aromatic carbocycles. The summed E-state index contributed by atoms with van der Waals surface area (Å²) in [7, 11) is 5.86. The third kappa shape index (κ3) is 8.80. The van der Waals surface area contributed by atoms with Crippen molar-refractivity contribution in [3.8, 4) is 0 Å². The van der Waals surface area contributed by atoms with E-state index in [-0.39, 0.29) is 43.9 Å². The summed E-state index contributed by atoms with van der Waals surface area (Å²) in [5.74, 6) is -1.71. The van der Waals surface area contributed by atoms with E-state index in [1.165, 1.54) is 33.4 Å². The van der Waals surface area contributed by atoms with Gasteiger partial charge >= 0.3 is 0 Å². The number of nitrogens with one attached hydrogen (secondary N) is 1. The summed E-state index contributed by atoms with van der Waals surface area (Å²) >= 11 is 0. The zero-order valence-corrected chi connectivity index (χ0v) is 26.0. The van der Waals surface area contributed by atoms with Crippen LogP contribution in [0.15, 0.2) is 70.3 Å². The maximum absolute atomic E-state index is 11.4. The third-order valence-corrected chi connectivity index (χ3v) is 6.87. The maximum atomic E-state index is 11.4. The van der Waals surface area contributed by atoms with E-state index in [1.807, 2.05) is 0 Å². The van der Waals surface area contributed by atoms with E-state index in [0.717, 1.165) is 21.5 Å². The number of hydrogen-bond donors (Lipinski definition) is 1. The molecule has 0 bridgehead atoms. The summed E-state index contributed by atoms with van der Waals surface area (Å²) in [5, 5.41) is 3.40. The van der Waals surface area contributed by atoms with Gasteiger partial charge in [0.2, 0.25) is 10.9 Å². The predicted molar refractivity (Wildman–Crippen MR) is 178 cm³/mol. The van der Waals surface area contributed by atoms with E-state index in [4.69, 9.17) is 4.74 Å². The fourth-order valence-electron chi connectivity index (χ4n) is 4.02. The minimum Gasteiger partial charge on any atom is -0.385 e. The average Bonchev–Trinajstić information content (AvgIpc) is 3.70. The van der Waals surface area contributed by atoms with Gasteiger partial charge in [0.05, 0.1) is 47.8 Å². The smallest absolute Gasteiger partial charge is 0.285 e. The SMILES string of the molecule is C.C.CC1CO1.CN1C(=O)C=CC1=O.CN1C(=O)c2ccccc2C1=O.CNc1c(C)c(=O)c1=O.CON1C(=O)c2ccccc2C1=O. The van der Waals surface area contributed by atoms with Crippen LogP contribution in [0.4, 0.5) is 5.69 Å². The average molecular weight is 665 g/mol. The number of hydrogen-bond acceptors (Lipinski definition) is 11. The lowest BCUT2D eigenvalue weighted by molar-refractivity contribution is -0.135. The number of carbonyl (C=O) groups is 6. The Kier molecular flexibility index (Phi) is 14.6. The Morgan fingerprint density at radius 3 is 1.27 bits per heavy atom. The largest absolute Gasteiger partial charge is 0.385 e. The van der Waals surface area contributed by atoms with Crippen LogP contribution in [-0.4, -0.2) is 91.3 Å². The molecule has 4 heterocycles. The summed E-state index contributed by atoms with van der Waals surface area (Å²) in [4.78, 5) is 94.1. The highest BCUT2D eigenvalue weighted by atomic mass is 16.7. The number of rotatable bonds is 2. The van der Waals surface area contributed by atoms with E-state index in [2.05, 4.69) is 17.1 Å². The first-order valence-corrected chi connectivity index (χ1v) is 13.8. The molecule has 14 nitrogen and oxygen atoms in total. The predicted octanol–water partition coefficient (Wildman–Crippen LogP) is 2.61. The van der Waals surface area contributed by atoms with Crippen LogP contribution in [-0.2, 0) is 19.2 Å². The lowest BCUT2D eigenvalue weighted by Gasteiger charge is -2.07. The maximum Gasteiger partial charge on any atom is 0.285 e. The van der Waals surface area contributed by atoms with Crippen LogP contribution in [0.2, 0.25) is 0 Å². The highest BCUT2D eigenvalue weighted by Crippen LogP contribution is 2.22. The van der Waals surface area contributed by atoms with Gasteiger partial charge < -0.3 is 10.1 Å². The van der Waals surface area contributed by atoms with E-state index in [0.29, 0.717) is 39.6 Å². The highest BCUT2D eigenvalue weighted by molar-refractivity contribution is 6.21. The molecule has 1 atom stereocenters. The third-order valence-electron chi connectivity index (χ3n) is 6.87. The molecule has 0 radical (unpaired) electrons. The van der Waals surface area contributed by atoms with Crippen molar-refractivity contribution in [1.82, 2.24) is 14.9 Å². The first-order chi connectivity index (χ1) is 21.8. The van der Waals surface area contributed by atoms with Gasteiger partial charge in [-0.1, -0.05) is 39.1 Å². The summed E-state index contributed by atoms with van der Waals surface area (Å²) < 4.78 is 4.71. The van der Waals surface area contributed by atoms with Crippen molar-refractivity contribution in [2.45, 2.75) is 34.8 Å². The molecule has 0 aliphatic carbocycles. The van der Waals surface area contributed by atoms with Crippen molar-refractivity contribution in [2.24, 2.45) is 0 Å². The second kappa shape index (κ2) is 17.4. The van der Waals surface area contributed by atoms with Crippen molar-refractivity contribution < 1.29 is 38.3 Å².